The van der Waals surface area contributed by atoms with Crippen molar-refractivity contribution in [1.82, 2.24) is 5.32 Å². The maximum atomic E-state index is 3.48. The molecule has 1 N–H and O–H groups in total. The molecule has 1 aromatic rings. The minimum Gasteiger partial charge on any atom is -0.312 e. The fourth-order valence-corrected chi connectivity index (χ4v) is 2.15. The first kappa shape index (κ1) is 11.0. The molecule has 1 aromatic carbocycles. The van der Waals surface area contributed by atoms with E-state index in [4.69, 9.17) is 0 Å². The van der Waals surface area contributed by atoms with Crippen molar-refractivity contribution in [3.8, 4) is 0 Å². The Balaban J connectivity index is 0.000000845. The predicted octanol–water partition coefficient (Wildman–Crippen LogP) is 3.08. The smallest absolute Gasteiger partial charge is 0.0208 e. The minimum atomic E-state index is 0. The molecule has 0 aromatic heterocycles. The van der Waals surface area contributed by atoms with E-state index in [0.29, 0.717) is 5.92 Å². The van der Waals surface area contributed by atoms with Crippen molar-refractivity contribution in [2.45, 2.75) is 19.4 Å². The van der Waals surface area contributed by atoms with E-state index < -0.39 is 0 Å². The van der Waals surface area contributed by atoms with Crippen LogP contribution in [0.4, 0.5) is 0 Å². The number of fused-ring (bicyclic) bond motifs is 1. The lowest BCUT2D eigenvalue weighted by atomic mass is 9.93. The zero-order chi connectivity index (χ0) is 8.55. The lowest BCUT2D eigenvalue weighted by Crippen LogP contribution is -2.26. The van der Waals surface area contributed by atoms with Gasteiger partial charge in [-0.05, 0) is 29.2 Å². The highest BCUT2D eigenvalue weighted by atomic mass is 79.9. The van der Waals surface area contributed by atoms with Crippen LogP contribution in [0.15, 0.2) is 22.7 Å². The molecule has 1 heterocycles. The number of hydrogen-bond acceptors (Lipinski definition) is 1. The number of nitrogens with one attached hydrogen (secondary N) is 1. The van der Waals surface area contributed by atoms with Crippen LogP contribution in [0.3, 0.4) is 0 Å². The Kier molecular flexibility index (Phi) is 3.77. The zero-order valence-corrected chi connectivity index (χ0v) is 9.91. The predicted molar refractivity (Wildman–Crippen MR) is 61.5 cm³/mol. The summed E-state index contributed by atoms with van der Waals surface area (Å²) in [5, 5.41) is 3.40. The third kappa shape index (κ3) is 2.25. The molecule has 1 aliphatic heterocycles. The van der Waals surface area contributed by atoms with Crippen molar-refractivity contribution >= 4 is 28.3 Å². The molecule has 1 aliphatic rings. The third-order valence-corrected chi connectivity index (χ3v) is 2.90. The van der Waals surface area contributed by atoms with Crippen molar-refractivity contribution in [2.75, 3.05) is 6.54 Å². The Hall–Kier alpha value is -0.0500. The van der Waals surface area contributed by atoms with Crippen molar-refractivity contribution < 1.29 is 0 Å². The first-order chi connectivity index (χ1) is 5.77. The Bertz CT molecular complexity index is 301. The van der Waals surface area contributed by atoms with Crippen LogP contribution in [0.25, 0.3) is 0 Å². The molecular weight excluding hydrogens is 249 g/mol. The SMILES string of the molecule is CC1CNCc2cc(Br)ccc21.Cl. The van der Waals surface area contributed by atoms with Crippen LogP contribution in [0.1, 0.15) is 24.0 Å². The first-order valence-electron chi connectivity index (χ1n) is 4.26. The standard InChI is InChI=1S/C10H12BrN.ClH/c1-7-5-12-6-8-4-9(11)2-3-10(7)8;/h2-4,7,12H,5-6H2,1H3;1H. The molecular formula is C10H13BrClN. The van der Waals surface area contributed by atoms with Gasteiger partial charge in [-0.25, -0.2) is 0 Å². The summed E-state index contributed by atoms with van der Waals surface area (Å²) in [5.41, 5.74) is 2.93. The summed E-state index contributed by atoms with van der Waals surface area (Å²) in [5.74, 6) is 0.654. The van der Waals surface area contributed by atoms with Gasteiger partial charge in [-0.15, -0.1) is 12.4 Å². The molecule has 72 valence electrons. The van der Waals surface area contributed by atoms with Gasteiger partial charge in [0.1, 0.15) is 0 Å². The second kappa shape index (κ2) is 4.45. The fourth-order valence-electron chi connectivity index (χ4n) is 1.74. The molecule has 0 bridgehead atoms. The van der Waals surface area contributed by atoms with Gasteiger partial charge in [-0.1, -0.05) is 28.9 Å². The minimum absolute atomic E-state index is 0. The van der Waals surface area contributed by atoms with Crippen molar-refractivity contribution in [3.05, 3.63) is 33.8 Å². The molecule has 13 heavy (non-hydrogen) atoms. The Morgan fingerprint density at radius 3 is 3.00 bits per heavy atom. The van der Waals surface area contributed by atoms with E-state index in [1.807, 2.05) is 0 Å². The van der Waals surface area contributed by atoms with Gasteiger partial charge in [0, 0.05) is 17.6 Å². The second-order valence-corrected chi connectivity index (χ2v) is 4.29. The van der Waals surface area contributed by atoms with E-state index in [0.717, 1.165) is 13.1 Å². The van der Waals surface area contributed by atoms with E-state index in [-0.39, 0.29) is 12.4 Å². The normalized spacial score (nSPS) is 20.3. The molecule has 2 rings (SSSR count). The fraction of sp³-hybridized carbons (Fsp3) is 0.400. The van der Waals surface area contributed by atoms with Crippen LogP contribution in [0, 0.1) is 0 Å². The summed E-state index contributed by atoms with van der Waals surface area (Å²) in [6.07, 6.45) is 0. The highest BCUT2D eigenvalue weighted by molar-refractivity contribution is 9.10. The molecule has 0 fully saturated rings. The number of rotatable bonds is 0. The first-order valence-corrected chi connectivity index (χ1v) is 5.05. The average molecular weight is 263 g/mol. The lowest BCUT2D eigenvalue weighted by molar-refractivity contribution is 0.571. The number of halogens is 2. The molecule has 0 saturated carbocycles. The lowest BCUT2D eigenvalue weighted by Gasteiger charge is -2.23. The summed E-state index contributed by atoms with van der Waals surface area (Å²) in [4.78, 5) is 0. The molecule has 0 aliphatic carbocycles. The molecule has 0 spiro atoms. The molecule has 0 amide bonds. The largest absolute Gasteiger partial charge is 0.312 e. The Morgan fingerprint density at radius 2 is 2.23 bits per heavy atom. The number of benzene rings is 1. The molecule has 3 heteroatoms. The maximum Gasteiger partial charge on any atom is 0.0208 e. The summed E-state index contributed by atoms with van der Waals surface area (Å²) in [6.45, 7) is 4.38. The second-order valence-electron chi connectivity index (χ2n) is 3.38. The van der Waals surface area contributed by atoms with E-state index >= 15 is 0 Å². The molecule has 0 radical (unpaired) electrons. The quantitative estimate of drug-likeness (QED) is 0.758. The van der Waals surface area contributed by atoms with Gasteiger partial charge in [0.2, 0.25) is 0 Å². The highest BCUT2D eigenvalue weighted by Gasteiger charge is 2.14. The van der Waals surface area contributed by atoms with Crippen LogP contribution >= 0.6 is 28.3 Å². The summed E-state index contributed by atoms with van der Waals surface area (Å²) in [7, 11) is 0. The van der Waals surface area contributed by atoms with Gasteiger partial charge in [-0.2, -0.15) is 0 Å². The Morgan fingerprint density at radius 1 is 1.46 bits per heavy atom. The van der Waals surface area contributed by atoms with Crippen LogP contribution < -0.4 is 5.32 Å². The molecule has 1 unspecified atom stereocenters. The highest BCUT2D eigenvalue weighted by Crippen LogP contribution is 2.25. The van der Waals surface area contributed by atoms with Crippen LogP contribution in [0.5, 0.6) is 0 Å². The van der Waals surface area contributed by atoms with Gasteiger partial charge in [0.05, 0.1) is 0 Å². The van der Waals surface area contributed by atoms with Gasteiger partial charge >= 0.3 is 0 Å². The van der Waals surface area contributed by atoms with Gasteiger partial charge in [-0.3, -0.25) is 0 Å². The third-order valence-electron chi connectivity index (χ3n) is 2.40. The van der Waals surface area contributed by atoms with Crippen LogP contribution in [0.2, 0.25) is 0 Å². The van der Waals surface area contributed by atoms with Crippen LogP contribution in [-0.2, 0) is 6.54 Å². The molecule has 0 saturated heterocycles. The Labute approximate surface area is 93.5 Å². The van der Waals surface area contributed by atoms with E-state index in [1.165, 1.54) is 15.6 Å². The van der Waals surface area contributed by atoms with Gasteiger partial charge in [0.15, 0.2) is 0 Å². The van der Waals surface area contributed by atoms with Crippen molar-refractivity contribution in [3.63, 3.8) is 0 Å². The van der Waals surface area contributed by atoms with Gasteiger partial charge in [0.25, 0.3) is 0 Å². The maximum absolute atomic E-state index is 3.48. The summed E-state index contributed by atoms with van der Waals surface area (Å²) < 4.78 is 1.18. The topological polar surface area (TPSA) is 12.0 Å². The number of hydrogen-bond donors (Lipinski definition) is 1. The van der Waals surface area contributed by atoms with E-state index in [1.54, 1.807) is 0 Å². The monoisotopic (exact) mass is 261 g/mol. The van der Waals surface area contributed by atoms with E-state index in [9.17, 15) is 0 Å². The zero-order valence-electron chi connectivity index (χ0n) is 7.51. The average Bonchev–Trinajstić information content (AvgIpc) is 2.04. The van der Waals surface area contributed by atoms with Crippen molar-refractivity contribution in [1.29, 1.82) is 0 Å². The van der Waals surface area contributed by atoms with E-state index in [2.05, 4.69) is 46.4 Å². The molecule has 1 atom stereocenters. The summed E-state index contributed by atoms with van der Waals surface area (Å²) in [6, 6.07) is 6.56. The van der Waals surface area contributed by atoms with Crippen LogP contribution in [-0.4, -0.2) is 6.54 Å². The summed E-state index contributed by atoms with van der Waals surface area (Å²) >= 11 is 3.48. The molecule has 1 nitrogen and oxygen atoms in total. The van der Waals surface area contributed by atoms with Crippen molar-refractivity contribution in [2.24, 2.45) is 0 Å². The van der Waals surface area contributed by atoms with Gasteiger partial charge < -0.3 is 5.32 Å².